The van der Waals surface area contributed by atoms with Gasteiger partial charge in [0.2, 0.25) is 5.91 Å². The minimum atomic E-state index is -0.0400. The molecule has 1 saturated carbocycles. The highest BCUT2D eigenvalue weighted by molar-refractivity contribution is 5.77. The van der Waals surface area contributed by atoms with Crippen LogP contribution in [-0.2, 0) is 9.53 Å². The maximum absolute atomic E-state index is 11.1. The number of ether oxygens (including phenoxy) is 1. The zero-order chi connectivity index (χ0) is 11.1. The van der Waals surface area contributed by atoms with Gasteiger partial charge < -0.3 is 15.2 Å². The number of rotatable bonds is 5. The normalized spacial score (nSPS) is 26.3. The zero-order valence-corrected chi connectivity index (χ0v) is 9.37. The fourth-order valence-corrected chi connectivity index (χ4v) is 1.92. The molecule has 1 aliphatic rings. The Kier molecular flexibility index (Phi) is 5.65. The van der Waals surface area contributed by atoms with E-state index in [2.05, 4.69) is 5.32 Å². The second kappa shape index (κ2) is 6.80. The molecular weight excluding hydrogens is 194 g/mol. The van der Waals surface area contributed by atoms with Crippen molar-refractivity contribution in [2.75, 3.05) is 19.8 Å². The van der Waals surface area contributed by atoms with Gasteiger partial charge in [0.25, 0.3) is 0 Å². The molecule has 0 aromatic carbocycles. The van der Waals surface area contributed by atoms with Crippen molar-refractivity contribution in [2.45, 2.75) is 38.7 Å². The van der Waals surface area contributed by atoms with Gasteiger partial charge in [0.15, 0.2) is 0 Å². The van der Waals surface area contributed by atoms with Crippen molar-refractivity contribution >= 4 is 5.91 Å². The van der Waals surface area contributed by atoms with Gasteiger partial charge in [0, 0.05) is 13.2 Å². The van der Waals surface area contributed by atoms with Crippen molar-refractivity contribution < 1.29 is 14.6 Å². The summed E-state index contributed by atoms with van der Waals surface area (Å²) in [7, 11) is 0. The second-order valence-electron chi connectivity index (χ2n) is 4.09. The van der Waals surface area contributed by atoms with Gasteiger partial charge in [0.1, 0.15) is 6.61 Å². The molecule has 88 valence electrons. The van der Waals surface area contributed by atoms with Crippen LogP contribution in [0.25, 0.3) is 0 Å². The smallest absolute Gasteiger partial charge is 0.246 e. The number of hydrogen-bond donors (Lipinski definition) is 2. The van der Waals surface area contributed by atoms with E-state index < -0.39 is 0 Å². The standard InChI is InChI=1S/C11H21NO3/c1-2-12-11(14)8-15-10-5-3-9(7-13)4-6-10/h9-10,13H,2-8H2,1H3,(H,12,14). The lowest BCUT2D eigenvalue weighted by Gasteiger charge is -2.27. The summed E-state index contributed by atoms with van der Waals surface area (Å²) in [4.78, 5) is 11.1. The first-order valence-electron chi connectivity index (χ1n) is 5.75. The third-order valence-electron chi connectivity index (χ3n) is 2.88. The van der Waals surface area contributed by atoms with Gasteiger partial charge in [-0.25, -0.2) is 0 Å². The Labute approximate surface area is 91.0 Å². The van der Waals surface area contributed by atoms with Crippen LogP contribution in [0, 0.1) is 5.92 Å². The van der Waals surface area contributed by atoms with Crippen molar-refractivity contribution in [1.29, 1.82) is 0 Å². The van der Waals surface area contributed by atoms with Gasteiger partial charge in [-0.3, -0.25) is 4.79 Å². The molecule has 15 heavy (non-hydrogen) atoms. The largest absolute Gasteiger partial charge is 0.396 e. The lowest BCUT2D eigenvalue weighted by atomic mass is 9.88. The van der Waals surface area contributed by atoms with Gasteiger partial charge >= 0.3 is 0 Å². The third-order valence-corrected chi connectivity index (χ3v) is 2.88. The van der Waals surface area contributed by atoms with Crippen LogP contribution >= 0.6 is 0 Å². The molecule has 0 atom stereocenters. The quantitative estimate of drug-likeness (QED) is 0.709. The van der Waals surface area contributed by atoms with E-state index in [1.807, 2.05) is 6.92 Å². The number of nitrogens with one attached hydrogen (secondary N) is 1. The van der Waals surface area contributed by atoms with E-state index >= 15 is 0 Å². The molecule has 0 spiro atoms. The Bertz CT molecular complexity index is 188. The Balaban J connectivity index is 2.10. The van der Waals surface area contributed by atoms with Crippen LogP contribution in [0.15, 0.2) is 0 Å². The molecule has 4 heteroatoms. The number of carbonyl (C=O) groups excluding carboxylic acids is 1. The SMILES string of the molecule is CCNC(=O)COC1CCC(CO)CC1. The molecule has 0 saturated heterocycles. The van der Waals surface area contributed by atoms with E-state index in [0.717, 1.165) is 25.7 Å². The molecule has 1 aliphatic carbocycles. The number of carbonyl (C=O) groups is 1. The van der Waals surface area contributed by atoms with E-state index in [9.17, 15) is 4.79 Å². The Morgan fingerprint density at radius 2 is 2.07 bits per heavy atom. The average molecular weight is 215 g/mol. The molecule has 0 aromatic rings. The summed E-state index contributed by atoms with van der Waals surface area (Å²) in [5.74, 6) is 0.399. The fourth-order valence-electron chi connectivity index (χ4n) is 1.92. The molecule has 0 unspecified atom stereocenters. The summed E-state index contributed by atoms with van der Waals surface area (Å²) in [6, 6.07) is 0. The summed E-state index contributed by atoms with van der Waals surface area (Å²) in [6.07, 6.45) is 4.15. The molecule has 0 aromatic heterocycles. The van der Waals surface area contributed by atoms with Crippen LogP contribution in [0.4, 0.5) is 0 Å². The molecule has 0 heterocycles. The van der Waals surface area contributed by atoms with Crippen LogP contribution in [0.5, 0.6) is 0 Å². The van der Waals surface area contributed by atoms with E-state index in [0.29, 0.717) is 12.5 Å². The highest BCUT2D eigenvalue weighted by Crippen LogP contribution is 2.25. The second-order valence-corrected chi connectivity index (χ2v) is 4.09. The zero-order valence-electron chi connectivity index (χ0n) is 9.37. The highest BCUT2D eigenvalue weighted by Gasteiger charge is 2.21. The monoisotopic (exact) mass is 215 g/mol. The molecule has 2 N–H and O–H groups in total. The molecule has 1 amide bonds. The third kappa shape index (κ3) is 4.62. The van der Waals surface area contributed by atoms with E-state index in [1.165, 1.54) is 0 Å². The summed E-state index contributed by atoms with van der Waals surface area (Å²) < 4.78 is 5.50. The molecule has 1 rings (SSSR count). The van der Waals surface area contributed by atoms with Gasteiger partial charge in [-0.15, -0.1) is 0 Å². The minimum Gasteiger partial charge on any atom is -0.396 e. The fraction of sp³-hybridized carbons (Fsp3) is 0.909. The molecule has 0 bridgehead atoms. The number of aliphatic hydroxyl groups excluding tert-OH is 1. The van der Waals surface area contributed by atoms with Crippen LogP contribution < -0.4 is 5.32 Å². The average Bonchev–Trinajstić information content (AvgIpc) is 2.27. The van der Waals surface area contributed by atoms with E-state index in [1.54, 1.807) is 0 Å². The van der Waals surface area contributed by atoms with Crippen molar-refractivity contribution in [3.63, 3.8) is 0 Å². The molecule has 0 radical (unpaired) electrons. The summed E-state index contributed by atoms with van der Waals surface area (Å²) >= 11 is 0. The lowest BCUT2D eigenvalue weighted by molar-refractivity contribution is -0.128. The molecule has 0 aliphatic heterocycles. The first-order valence-corrected chi connectivity index (χ1v) is 5.75. The number of hydrogen-bond acceptors (Lipinski definition) is 3. The number of aliphatic hydroxyl groups is 1. The van der Waals surface area contributed by atoms with Crippen LogP contribution in [0.3, 0.4) is 0 Å². The maximum Gasteiger partial charge on any atom is 0.246 e. The predicted octanol–water partition coefficient (Wildman–Crippen LogP) is 0.690. The lowest BCUT2D eigenvalue weighted by Crippen LogP contribution is -2.31. The van der Waals surface area contributed by atoms with Crippen LogP contribution in [0.2, 0.25) is 0 Å². The molecular formula is C11H21NO3. The first kappa shape index (κ1) is 12.5. The van der Waals surface area contributed by atoms with Crippen LogP contribution in [0.1, 0.15) is 32.6 Å². The van der Waals surface area contributed by atoms with Crippen molar-refractivity contribution in [2.24, 2.45) is 5.92 Å². The Hall–Kier alpha value is -0.610. The summed E-state index contributed by atoms with van der Waals surface area (Å²) in [5.41, 5.74) is 0. The maximum atomic E-state index is 11.1. The van der Waals surface area contributed by atoms with E-state index in [-0.39, 0.29) is 25.2 Å². The highest BCUT2D eigenvalue weighted by atomic mass is 16.5. The van der Waals surface area contributed by atoms with Gasteiger partial charge in [0.05, 0.1) is 6.10 Å². The number of amides is 1. The first-order chi connectivity index (χ1) is 7.26. The molecule has 4 nitrogen and oxygen atoms in total. The Morgan fingerprint density at radius 3 is 2.60 bits per heavy atom. The van der Waals surface area contributed by atoms with Crippen molar-refractivity contribution in [3.8, 4) is 0 Å². The van der Waals surface area contributed by atoms with Gasteiger partial charge in [-0.05, 0) is 38.5 Å². The van der Waals surface area contributed by atoms with E-state index in [4.69, 9.17) is 9.84 Å². The summed E-state index contributed by atoms with van der Waals surface area (Å²) in [6.45, 7) is 3.00. The number of likely N-dealkylation sites (N-methyl/N-ethyl adjacent to an activating group) is 1. The van der Waals surface area contributed by atoms with Crippen molar-refractivity contribution in [3.05, 3.63) is 0 Å². The minimum absolute atomic E-state index is 0.0400. The summed E-state index contributed by atoms with van der Waals surface area (Å²) in [5, 5.41) is 11.7. The Morgan fingerprint density at radius 1 is 1.40 bits per heavy atom. The molecule has 1 fully saturated rings. The topological polar surface area (TPSA) is 58.6 Å². The van der Waals surface area contributed by atoms with Crippen molar-refractivity contribution in [1.82, 2.24) is 5.32 Å². The predicted molar refractivity (Wildman–Crippen MR) is 57.5 cm³/mol. The van der Waals surface area contributed by atoms with Crippen LogP contribution in [-0.4, -0.2) is 36.9 Å². The van der Waals surface area contributed by atoms with Gasteiger partial charge in [-0.1, -0.05) is 0 Å². The van der Waals surface area contributed by atoms with Gasteiger partial charge in [-0.2, -0.15) is 0 Å².